The van der Waals surface area contributed by atoms with E-state index in [4.69, 9.17) is 5.73 Å². The van der Waals surface area contributed by atoms with Gasteiger partial charge >= 0.3 is 0 Å². The van der Waals surface area contributed by atoms with Gasteiger partial charge in [0.15, 0.2) is 0 Å². The van der Waals surface area contributed by atoms with E-state index in [1.165, 1.54) is 17.5 Å². The van der Waals surface area contributed by atoms with Gasteiger partial charge < -0.3 is 16.4 Å². The van der Waals surface area contributed by atoms with E-state index < -0.39 is 10.0 Å². The second-order valence-corrected chi connectivity index (χ2v) is 10.8. The Bertz CT molecular complexity index is 1230. The van der Waals surface area contributed by atoms with Crippen molar-refractivity contribution in [2.24, 2.45) is 5.73 Å². The van der Waals surface area contributed by atoms with Crippen LogP contribution in [0, 0.1) is 0 Å². The van der Waals surface area contributed by atoms with Gasteiger partial charge in [-0.25, -0.2) is 13.4 Å². The van der Waals surface area contributed by atoms with Crippen LogP contribution in [0.25, 0.3) is 11.0 Å². The number of benzene rings is 1. The van der Waals surface area contributed by atoms with Crippen molar-refractivity contribution in [3.63, 3.8) is 0 Å². The molecule has 12 heteroatoms. The summed E-state index contributed by atoms with van der Waals surface area (Å²) in [6.07, 6.45) is 9.78. The van der Waals surface area contributed by atoms with Crippen LogP contribution in [0.2, 0.25) is 0 Å². The van der Waals surface area contributed by atoms with Crippen molar-refractivity contribution in [2.45, 2.75) is 37.8 Å². The minimum Gasteiger partial charge on any atom is -0.351 e. The van der Waals surface area contributed by atoms with Crippen LogP contribution < -0.4 is 20.7 Å². The minimum absolute atomic E-state index is 0.261. The van der Waals surface area contributed by atoms with Gasteiger partial charge in [0, 0.05) is 37.7 Å². The van der Waals surface area contributed by atoms with Crippen LogP contribution in [-0.4, -0.2) is 53.7 Å². The SMILES string of the molecule is CN(c1c(Nc2nc(NC3CCC(N)CC3)ncc2Br)ccc2nccnc12)S(C)(=O)=O. The molecule has 1 aliphatic carbocycles. The fraction of sp³-hybridized carbons (Fsp3) is 0.400. The van der Waals surface area contributed by atoms with Gasteiger partial charge in [-0.15, -0.1) is 0 Å². The molecule has 3 aromatic rings. The van der Waals surface area contributed by atoms with Crippen LogP contribution in [0.3, 0.4) is 0 Å². The van der Waals surface area contributed by atoms with Crippen molar-refractivity contribution in [3.05, 3.63) is 35.2 Å². The Labute approximate surface area is 195 Å². The topological polar surface area (TPSA) is 139 Å². The number of sulfonamides is 1. The Balaban J connectivity index is 1.69. The highest BCUT2D eigenvalue weighted by molar-refractivity contribution is 9.10. The van der Waals surface area contributed by atoms with Gasteiger partial charge in [-0.3, -0.25) is 14.3 Å². The molecule has 0 radical (unpaired) electrons. The first-order valence-corrected chi connectivity index (χ1v) is 12.9. The standard InChI is InChI=1S/C20H25BrN8O2S/c1-29(32(2,30)31)18-16(8-7-15-17(18)24-10-9-23-15)27-19-14(21)11-25-20(28-19)26-13-5-3-12(22)4-6-13/h7-13H,3-6,22H2,1-2H3,(H2,25,26,27,28). The summed E-state index contributed by atoms with van der Waals surface area (Å²) in [6, 6.07) is 4.08. The highest BCUT2D eigenvalue weighted by Gasteiger charge is 2.22. The first-order chi connectivity index (χ1) is 15.2. The Morgan fingerprint density at radius 3 is 2.56 bits per heavy atom. The number of hydrogen-bond acceptors (Lipinski definition) is 9. The van der Waals surface area contributed by atoms with Crippen LogP contribution >= 0.6 is 15.9 Å². The lowest BCUT2D eigenvalue weighted by Crippen LogP contribution is -2.33. The molecule has 0 saturated heterocycles. The Morgan fingerprint density at radius 2 is 1.84 bits per heavy atom. The van der Waals surface area contributed by atoms with Crippen LogP contribution in [0.5, 0.6) is 0 Å². The Morgan fingerprint density at radius 1 is 1.12 bits per heavy atom. The molecule has 0 unspecified atom stereocenters. The van der Waals surface area contributed by atoms with Gasteiger partial charge in [-0.05, 0) is 53.7 Å². The first-order valence-electron chi connectivity index (χ1n) is 10.2. The number of nitrogens with one attached hydrogen (secondary N) is 2. The molecule has 1 aromatic carbocycles. The molecule has 0 atom stereocenters. The van der Waals surface area contributed by atoms with E-state index in [9.17, 15) is 8.42 Å². The summed E-state index contributed by atoms with van der Waals surface area (Å²) < 4.78 is 26.5. The number of halogens is 1. The van der Waals surface area contributed by atoms with Crippen LogP contribution in [0.1, 0.15) is 25.7 Å². The lowest BCUT2D eigenvalue weighted by atomic mass is 9.92. The van der Waals surface area contributed by atoms with Crippen LogP contribution in [0.4, 0.5) is 23.1 Å². The van der Waals surface area contributed by atoms with E-state index in [1.54, 1.807) is 24.5 Å². The summed E-state index contributed by atoms with van der Waals surface area (Å²) in [5, 5.41) is 6.62. The van der Waals surface area contributed by atoms with Gasteiger partial charge in [0.2, 0.25) is 16.0 Å². The second-order valence-electron chi connectivity index (χ2n) is 7.89. The van der Waals surface area contributed by atoms with E-state index in [1.807, 2.05) is 0 Å². The number of hydrogen-bond donors (Lipinski definition) is 3. The van der Waals surface area contributed by atoms with E-state index in [0.717, 1.165) is 31.9 Å². The Kier molecular flexibility index (Phi) is 6.45. The number of nitrogens with two attached hydrogens (primary N) is 1. The third kappa shape index (κ3) is 4.92. The molecular formula is C20H25BrN8O2S. The predicted molar refractivity (Wildman–Crippen MR) is 130 cm³/mol. The molecule has 170 valence electrons. The number of rotatable bonds is 6. The molecule has 10 nitrogen and oxygen atoms in total. The maximum absolute atomic E-state index is 12.3. The van der Waals surface area contributed by atoms with Crippen LogP contribution in [0.15, 0.2) is 35.2 Å². The van der Waals surface area contributed by atoms with Gasteiger partial charge in [0.1, 0.15) is 17.0 Å². The predicted octanol–water partition coefficient (Wildman–Crippen LogP) is 3.00. The number of fused-ring (bicyclic) bond motifs is 1. The van der Waals surface area contributed by atoms with Crippen molar-refractivity contribution in [3.8, 4) is 0 Å². The summed E-state index contributed by atoms with van der Waals surface area (Å²) in [6.45, 7) is 0. The molecule has 1 fully saturated rings. The maximum atomic E-state index is 12.3. The first kappa shape index (κ1) is 22.6. The van der Waals surface area contributed by atoms with Crippen molar-refractivity contribution < 1.29 is 8.42 Å². The molecule has 1 aliphatic rings. The summed E-state index contributed by atoms with van der Waals surface area (Å²) in [5.74, 6) is 0.996. The van der Waals surface area contributed by atoms with E-state index in [0.29, 0.717) is 38.6 Å². The smallest absolute Gasteiger partial charge is 0.232 e. The van der Waals surface area contributed by atoms with Gasteiger partial charge in [-0.1, -0.05) is 0 Å². The largest absolute Gasteiger partial charge is 0.351 e. The third-order valence-electron chi connectivity index (χ3n) is 5.53. The average molecular weight is 521 g/mol. The lowest BCUT2D eigenvalue weighted by molar-refractivity contribution is 0.410. The third-order valence-corrected chi connectivity index (χ3v) is 7.29. The molecule has 2 heterocycles. The molecule has 0 aliphatic heterocycles. The second kappa shape index (κ2) is 9.12. The highest BCUT2D eigenvalue weighted by Crippen LogP contribution is 2.36. The fourth-order valence-corrected chi connectivity index (χ4v) is 4.51. The number of anilines is 4. The van der Waals surface area contributed by atoms with Crippen molar-refractivity contribution in [1.82, 2.24) is 19.9 Å². The fourth-order valence-electron chi connectivity index (χ4n) is 3.71. The molecule has 1 saturated carbocycles. The van der Waals surface area contributed by atoms with Gasteiger partial charge in [0.25, 0.3) is 0 Å². The molecule has 32 heavy (non-hydrogen) atoms. The maximum Gasteiger partial charge on any atom is 0.232 e. The summed E-state index contributed by atoms with van der Waals surface area (Å²) in [4.78, 5) is 17.6. The molecule has 0 amide bonds. The highest BCUT2D eigenvalue weighted by atomic mass is 79.9. The molecular weight excluding hydrogens is 496 g/mol. The van der Waals surface area contributed by atoms with Crippen molar-refractivity contribution in [2.75, 3.05) is 28.2 Å². The van der Waals surface area contributed by atoms with Crippen LogP contribution in [-0.2, 0) is 10.0 Å². The molecule has 0 bridgehead atoms. The molecule has 0 spiro atoms. The summed E-state index contributed by atoms with van der Waals surface area (Å²) in [5.41, 5.74) is 7.96. The zero-order chi connectivity index (χ0) is 22.9. The van der Waals surface area contributed by atoms with E-state index in [2.05, 4.69) is 46.5 Å². The monoisotopic (exact) mass is 520 g/mol. The molecule has 4 rings (SSSR count). The quantitative estimate of drug-likeness (QED) is 0.447. The van der Waals surface area contributed by atoms with E-state index in [-0.39, 0.29) is 12.1 Å². The van der Waals surface area contributed by atoms with E-state index >= 15 is 0 Å². The van der Waals surface area contributed by atoms with Gasteiger partial charge in [0.05, 0.1) is 21.9 Å². The number of nitrogens with zero attached hydrogens (tertiary/aromatic N) is 5. The molecule has 4 N–H and O–H groups in total. The lowest BCUT2D eigenvalue weighted by Gasteiger charge is -2.27. The van der Waals surface area contributed by atoms with Crippen molar-refractivity contribution in [1.29, 1.82) is 0 Å². The average Bonchev–Trinajstić information content (AvgIpc) is 2.76. The zero-order valence-corrected chi connectivity index (χ0v) is 20.2. The minimum atomic E-state index is -3.55. The number of aromatic nitrogens is 4. The molecule has 2 aromatic heterocycles. The van der Waals surface area contributed by atoms with Crippen molar-refractivity contribution >= 4 is 60.1 Å². The van der Waals surface area contributed by atoms with Gasteiger partial charge in [-0.2, -0.15) is 4.98 Å². The zero-order valence-electron chi connectivity index (χ0n) is 17.8. The summed E-state index contributed by atoms with van der Waals surface area (Å²) in [7, 11) is -2.06. The summed E-state index contributed by atoms with van der Waals surface area (Å²) >= 11 is 3.48. The Hall–Kier alpha value is -2.57. The normalized spacial score (nSPS) is 19.0.